The molecule has 24 heavy (non-hydrogen) atoms. The Morgan fingerprint density at radius 3 is 2.58 bits per heavy atom. The van der Waals surface area contributed by atoms with Crippen LogP contribution >= 0.6 is 24.0 Å². The predicted molar refractivity (Wildman–Crippen MR) is 99.8 cm³/mol. The average Bonchev–Trinajstić information content (AvgIpc) is 2.54. The number of benzene rings is 2. The van der Waals surface area contributed by atoms with Crippen molar-refractivity contribution in [1.29, 1.82) is 5.41 Å². The molecule has 2 rings (SSSR count). The largest absolute Gasteiger partial charge is 0.457 e. The first-order chi connectivity index (χ1) is 11.5. The molecule has 126 valence electrons. The van der Waals surface area contributed by atoms with Gasteiger partial charge >= 0.3 is 0 Å². The van der Waals surface area contributed by atoms with Gasteiger partial charge in [0, 0.05) is 23.4 Å². The molecule has 0 fully saturated rings. The lowest BCUT2D eigenvalue weighted by Gasteiger charge is -2.14. The number of para-hydroxylation sites is 1. The summed E-state index contributed by atoms with van der Waals surface area (Å²) in [5.74, 6) is 1.09. The van der Waals surface area contributed by atoms with Crippen LogP contribution in [0.5, 0.6) is 11.5 Å². The second-order valence-electron chi connectivity index (χ2n) is 4.83. The van der Waals surface area contributed by atoms with Crippen molar-refractivity contribution in [3.63, 3.8) is 0 Å². The van der Waals surface area contributed by atoms with Gasteiger partial charge in [-0.3, -0.25) is 5.41 Å². The van der Waals surface area contributed by atoms with Gasteiger partial charge in [0.05, 0.1) is 0 Å². The van der Waals surface area contributed by atoms with Gasteiger partial charge < -0.3 is 21.5 Å². The highest BCUT2D eigenvalue weighted by molar-refractivity contribution is 8.13. The summed E-state index contributed by atoms with van der Waals surface area (Å²) in [4.78, 5) is 0. The minimum absolute atomic E-state index is 0.0359. The van der Waals surface area contributed by atoms with Crippen molar-refractivity contribution in [3.05, 3.63) is 59.4 Å². The van der Waals surface area contributed by atoms with E-state index in [1.165, 1.54) is 12.1 Å². The van der Waals surface area contributed by atoms with Gasteiger partial charge in [-0.25, -0.2) is 4.39 Å². The first kappa shape index (κ1) is 18.0. The molecule has 0 aliphatic rings. The Hall–Kier alpha value is -2.32. The Labute approximate surface area is 149 Å². The van der Waals surface area contributed by atoms with Crippen LogP contribution in [0.2, 0.25) is 0 Å². The molecule has 0 heterocycles. The van der Waals surface area contributed by atoms with Gasteiger partial charge in [-0.05, 0) is 36.5 Å². The van der Waals surface area contributed by atoms with Crippen LogP contribution < -0.4 is 21.5 Å². The highest BCUT2D eigenvalue weighted by Crippen LogP contribution is 2.30. The number of nitrogens with one attached hydrogen (secondary N) is 2. The van der Waals surface area contributed by atoms with Crippen molar-refractivity contribution >= 4 is 34.3 Å². The van der Waals surface area contributed by atoms with Crippen LogP contribution in [0.4, 0.5) is 4.39 Å². The van der Waals surface area contributed by atoms with E-state index in [2.05, 4.69) is 5.32 Å². The van der Waals surface area contributed by atoms with Crippen LogP contribution in [0.15, 0.2) is 42.5 Å². The SMILES string of the molecule is N=C(N)SCc1cc(F)ccc1Oc1ccccc1CNC(N)=S. The summed E-state index contributed by atoms with van der Waals surface area (Å²) in [5, 5.41) is 10.3. The van der Waals surface area contributed by atoms with E-state index in [0.717, 1.165) is 17.3 Å². The first-order valence-corrected chi connectivity index (χ1v) is 8.39. The fourth-order valence-corrected chi connectivity index (χ4v) is 2.57. The van der Waals surface area contributed by atoms with Crippen molar-refractivity contribution in [3.8, 4) is 11.5 Å². The number of hydrogen-bond acceptors (Lipinski definition) is 4. The average molecular weight is 364 g/mol. The third kappa shape index (κ3) is 5.39. The first-order valence-electron chi connectivity index (χ1n) is 7.00. The third-order valence-corrected chi connectivity index (χ3v) is 3.96. The van der Waals surface area contributed by atoms with Gasteiger partial charge in [-0.1, -0.05) is 30.0 Å². The van der Waals surface area contributed by atoms with Crippen molar-refractivity contribution in [2.75, 3.05) is 0 Å². The maximum absolute atomic E-state index is 13.5. The summed E-state index contributed by atoms with van der Waals surface area (Å²) in [6.45, 7) is 0.421. The topological polar surface area (TPSA) is 97.2 Å². The van der Waals surface area contributed by atoms with Crippen molar-refractivity contribution in [1.82, 2.24) is 5.32 Å². The zero-order valence-corrected chi connectivity index (χ0v) is 14.3. The van der Waals surface area contributed by atoms with E-state index in [0.29, 0.717) is 29.4 Å². The molecule has 2 aromatic carbocycles. The normalized spacial score (nSPS) is 10.2. The van der Waals surface area contributed by atoms with Gasteiger partial charge in [0.1, 0.15) is 17.3 Å². The van der Waals surface area contributed by atoms with Gasteiger partial charge in [0.25, 0.3) is 0 Å². The summed E-state index contributed by atoms with van der Waals surface area (Å²) in [5.41, 5.74) is 12.3. The predicted octanol–water partition coefficient (Wildman–Crippen LogP) is 3.08. The molecule has 8 heteroatoms. The van der Waals surface area contributed by atoms with E-state index in [4.69, 9.17) is 33.8 Å². The van der Waals surface area contributed by atoms with E-state index in [1.54, 1.807) is 6.07 Å². The molecule has 0 saturated heterocycles. The van der Waals surface area contributed by atoms with Crippen LogP contribution in [0.3, 0.4) is 0 Å². The van der Waals surface area contributed by atoms with Gasteiger partial charge in [-0.15, -0.1) is 0 Å². The number of thiocarbonyl (C=S) groups is 1. The number of halogens is 1. The highest BCUT2D eigenvalue weighted by atomic mass is 32.2. The summed E-state index contributed by atoms with van der Waals surface area (Å²) in [6, 6.07) is 11.7. The van der Waals surface area contributed by atoms with Gasteiger partial charge in [0.15, 0.2) is 10.3 Å². The maximum atomic E-state index is 13.5. The molecule has 0 unspecified atom stereocenters. The lowest BCUT2D eigenvalue weighted by atomic mass is 10.2. The van der Waals surface area contributed by atoms with E-state index < -0.39 is 0 Å². The zero-order valence-electron chi connectivity index (χ0n) is 12.7. The Bertz CT molecular complexity index is 755. The Morgan fingerprint density at radius 1 is 1.17 bits per heavy atom. The smallest absolute Gasteiger partial charge is 0.163 e. The lowest BCUT2D eigenvalue weighted by molar-refractivity contribution is 0.469. The molecule has 0 atom stereocenters. The molecule has 0 radical (unpaired) electrons. The molecule has 0 saturated carbocycles. The van der Waals surface area contributed by atoms with Crippen molar-refractivity contribution in [2.45, 2.75) is 12.3 Å². The number of nitrogens with two attached hydrogens (primary N) is 2. The summed E-state index contributed by atoms with van der Waals surface area (Å²) in [7, 11) is 0. The maximum Gasteiger partial charge on any atom is 0.163 e. The van der Waals surface area contributed by atoms with Gasteiger partial charge in [0.2, 0.25) is 0 Å². The van der Waals surface area contributed by atoms with E-state index >= 15 is 0 Å². The fourth-order valence-electron chi connectivity index (χ4n) is 1.97. The quantitative estimate of drug-likeness (QED) is 0.357. The van der Waals surface area contributed by atoms with Crippen LogP contribution in [0, 0.1) is 11.2 Å². The van der Waals surface area contributed by atoms with Crippen LogP contribution in [0.1, 0.15) is 11.1 Å². The van der Waals surface area contributed by atoms with Crippen molar-refractivity contribution in [2.24, 2.45) is 11.5 Å². The summed E-state index contributed by atoms with van der Waals surface area (Å²) < 4.78 is 19.5. The number of rotatable bonds is 6. The third-order valence-electron chi connectivity index (χ3n) is 3.05. The fraction of sp³-hybridized carbons (Fsp3) is 0.125. The molecule has 0 amide bonds. The van der Waals surface area contributed by atoms with E-state index in [1.807, 2.05) is 24.3 Å². The van der Waals surface area contributed by atoms with Crippen LogP contribution in [-0.4, -0.2) is 10.3 Å². The van der Waals surface area contributed by atoms with Gasteiger partial charge in [-0.2, -0.15) is 0 Å². The number of hydrogen-bond donors (Lipinski definition) is 4. The Balaban J connectivity index is 2.24. The minimum Gasteiger partial charge on any atom is -0.457 e. The number of thioether (sulfide) groups is 1. The molecule has 0 spiro atoms. The van der Waals surface area contributed by atoms with Crippen LogP contribution in [-0.2, 0) is 12.3 Å². The van der Waals surface area contributed by atoms with E-state index in [-0.39, 0.29) is 16.1 Å². The molecule has 0 bridgehead atoms. The summed E-state index contributed by atoms with van der Waals surface area (Å²) >= 11 is 5.92. The molecule has 0 aliphatic carbocycles. The second kappa shape index (κ2) is 8.51. The molecule has 5 nitrogen and oxygen atoms in total. The molecular formula is C16H17FN4OS2. The van der Waals surface area contributed by atoms with Crippen LogP contribution in [0.25, 0.3) is 0 Å². The molecule has 2 aromatic rings. The zero-order chi connectivity index (χ0) is 17.5. The second-order valence-corrected chi connectivity index (χ2v) is 6.29. The van der Waals surface area contributed by atoms with E-state index in [9.17, 15) is 4.39 Å². The molecule has 0 aliphatic heterocycles. The number of amidine groups is 1. The Kier molecular flexibility index (Phi) is 6.39. The monoisotopic (exact) mass is 364 g/mol. The Morgan fingerprint density at radius 2 is 1.88 bits per heavy atom. The number of ether oxygens (including phenoxy) is 1. The summed E-state index contributed by atoms with van der Waals surface area (Å²) in [6.07, 6.45) is 0. The molecule has 6 N–H and O–H groups in total. The standard InChI is InChI=1S/C16H17FN4OS2/c17-12-5-6-14(11(7-12)9-24-15(18)19)22-13-4-2-1-3-10(13)8-21-16(20)23/h1-7H,8-9H2,(H3,18,19)(H3,20,21,23). The van der Waals surface area contributed by atoms with Crippen molar-refractivity contribution < 1.29 is 9.13 Å². The minimum atomic E-state index is -0.370. The highest BCUT2D eigenvalue weighted by Gasteiger charge is 2.10. The lowest BCUT2D eigenvalue weighted by Crippen LogP contribution is -2.28. The molecular weight excluding hydrogens is 347 g/mol. The molecule has 0 aromatic heterocycles.